The zero-order valence-corrected chi connectivity index (χ0v) is 16.4. The highest BCUT2D eigenvalue weighted by atomic mass is 32.1. The normalized spacial score (nSPS) is 13.3. The highest BCUT2D eigenvalue weighted by molar-refractivity contribution is 7.10. The van der Waals surface area contributed by atoms with E-state index in [2.05, 4.69) is 53.5 Å². The Balaban J connectivity index is 2.17. The first-order valence-electron chi connectivity index (χ1n) is 8.67. The van der Waals surface area contributed by atoms with E-state index in [9.17, 15) is 9.59 Å². The van der Waals surface area contributed by atoms with Crippen molar-refractivity contribution in [1.29, 1.82) is 0 Å². The Morgan fingerprint density at radius 2 is 1.81 bits per heavy atom. The molecule has 2 N–H and O–H groups in total. The van der Waals surface area contributed by atoms with E-state index in [1.165, 1.54) is 12.7 Å². The third kappa shape index (κ3) is 5.68. The topological polar surface area (TPSA) is 67.4 Å². The van der Waals surface area contributed by atoms with E-state index in [0.29, 0.717) is 5.92 Å². The van der Waals surface area contributed by atoms with Gasteiger partial charge in [0.15, 0.2) is 0 Å². The Bertz CT molecular complexity index is 711. The summed E-state index contributed by atoms with van der Waals surface area (Å²) in [4.78, 5) is 24.5. The maximum atomic E-state index is 12.2. The van der Waals surface area contributed by atoms with Crippen LogP contribution in [0.1, 0.15) is 42.8 Å². The molecule has 2 rings (SSSR count). The fourth-order valence-electron chi connectivity index (χ4n) is 2.70. The van der Waals surface area contributed by atoms with Gasteiger partial charge in [0.2, 0.25) is 5.91 Å². The second-order valence-electron chi connectivity index (χ2n) is 6.66. The van der Waals surface area contributed by atoms with E-state index in [-0.39, 0.29) is 6.04 Å². The highest BCUT2D eigenvalue weighted by Gasteiger charge is 2.22. The standard InChI is InChI=1S/C20H26N2O3S/c1-13(2)12-15-7-9-16(10-8-15)18(17-6-5-11-26-17)21-14(3)19(23)22-20(24)25-4/h5-11,13-14,18,21H,12H2,1-4H3,(H,22,23,24)/t14-,18+/m1/s1. The van der Waals surface area contributed by atoms with Crippen LogP contribution >= 0.6 is 11.3 Å². The van der Waals surface area contributed by atoms with Crippen molar-refractivity contribution in [2.24, 2.45) is 5.92 Å². The Morgan fingerprint density at radius 1 is 1.12 bits per heavy atom. The Kier molecular flexibility index (Phi) is 7.36. The average Bonchev–Trinajstić information content (AvgIpc) is 3.14. The number of amides is 2. The van der Waals surface area contributed by atoms with Crippen LogP contribution in [0.2, 0.25) is 0 Å². The van der Waals surface area contributed by atoms with Crippen LogP contribution in [0.4, 0.5) is 4.79 Å². The molecule has 0 aliphatic heterocycles. The molecule has 5 nitrogen and oxygen atoms in total. The molecule has 2 amide bonds. The summed E-state index contributed by atoms with van der Waals surface area (Å²) in [6.45, 7) is 6.13. The molecular weight excluding hydrogens is 348 g/mol. The molecule has 0 aliphatic carbocycles. The molecule has 6 heteroatoms. The second-order valence-corrected chi connectivity index (χ2v) is 7.64. The van der Waals surface area contributed by atoms with Gasteiger partial charge in [-0.15, -0.1) is 11.3 Å². The molecule has 0 bridgehead atoms. The maximum Gasteiger partial charge on any atom is 0.413 e. The van der Waals surface area contributed by atoms with E-state index < -0.39 is 18.0 Å². The Hall–Kier alpha value is -2.18. The molecule has 0 aliphatic rings. The third-order valence-corrected chi connectivity index (χ3v) is 4.94. The number of imide groups is 1. The van der Waals surface area contributed by atoms with Crippen molar-refractivity contribution in [1.82, 2.24) is 10.6 Å². The SMILES string of the molecule is COC(=O)NC(=O)[C@@H](C)N[C@@H](c1ccc(CC(C)C)cc1)c1cccs1. The number of rotatable bonds is 7. The number of alkyl carbamates (subject to hydrolysis) is 1. The molecule has 2 aromatic rings. The van der Waals surface area contributed by atoms with Gasteiger partial charge in [-0.05, 0) is 41.8 Å². The molecule has 1 aromatic heterocycles. The second kappa shape index (κ2) is 9.50. The number of nitrogens with one attached hydrogen (secondary N) is 2. The van der Waals surface area contributed by atoms with E-state index in [1.54, 1.807) is 18.3 Å². The molecule has 0 spiro atoms. The summed E-state index contributed by atoms with van der Waals surface area (Å²) in [6.07, 6.45) is 0.282. The summed E-state index contributed by atoms with van der Waals surface area (Å²) in [5, 5.41) is 7.53. The molecule has 0 saturated carbocycles. The quantitative estimate of drug-likeness (QED) is 0.771. The zero-order chi connectivity index (χ0) is 19.1. The Morgan fingerprint density at radius 3 is 2.35 bits per heavy atom. The molecule has 140 valence electrons. The lowest BCUT2D eigenvalue weighted by atomic mass is 9.98. The van der Waals surface area contributed by atoms with Crippen molar-refractivity contribution in [2.45, 2.75) is 39.3 Å². The number of hydrogen-bond acceptors (Lipinski definition) is 5. The molecule has 1 heterocycles. The lowest BCUT2D eigenvalue weighted by molar-refractivity contribution is -0.122. The van der Waals surface area contributed by atoms with Crippen molar-refractivity contribution in [3.8, 4) is 0 Å². The third-order valence-electron chi connectivity index (χ3n) is 4.01. The molecule has 0 unspecified atom stereocenters. The first kappa shape index (κ1) is 20.1. The smallest absolute Gasteiger partial charge is 0.413 e. The van der Waals surface area contributed by atoms with Crippen LogP contribution < -0.4 is 10.6 Å². The van der Waals surface area contributed by atoms with Crippen molar-refractivity contribution >= 4 is 23.3 Å². The monoisotopic (exact) mass is 374 g/mol. The highest BCUT2D eigenvalue weighted by Crippen LogP contribution is 2.27. The van der Waals surface area contributed by atoms with Gasteiger partial charge in [-0.25, -0.2) is 4.79 Å². The van der Waals surface area contributed by atoms with Crippen LogP contribution in [0.15, 0.2) is 41.8 Å². The van der Waals surface area contributed by atoms with Crippen LogP contribution in [0.25, 0.3) is 0 Å². The summed E-state index contributed by atoms with van der Waals surface area (Å²) in [5.74, 6) is 0.184. The molecule has 1 aromatic carbocycles. The van der Waals surface area contributed by atoms with Gasteiger partial charge in [0.1, 0.15) is 0 Å². The van der Waals surface area contributed by atoms with Crippen LogP contribution in [-0.2, 0) is 16.0 Å². The number of benzene rings is 1. The van der Waals surface area contributed by atoms with Gasteiger partial charge < -0.3 is 4.74 Å². The van der Waals surface area contributed by atoms with Gasteiger partial charge in [-0.3, -0.25) is 15.4 Å². The molecule has 0 saturated heterocycles. The predicted octanol–water partition coefficient (Wildman–Crippen LogP) is 3.90. The summed E-state index contributed by atoms with van der Waals surface area (Å²) < 4.78 is 4.48. The van der Waals surface area contributed by atoms with Gasteiger partial charge in [-0.2, -0.15) is 0 Å². The van der Waals surface area contributed by atoms with Crippen molar-refractivity contribution in [3.63, 3.8) is 0 Å². The fraction of sp³-hybridized carbons (Fsp3) is 0.400. The lowest BCUT2D eigenvalue weighted by Gasteiger charge is -2.22. The summed E-state index contributed by atoms with van der Waals surface area (Å²) >= 11 is 1.63. The van der Waals surface area contributed by atoms with E-state index in [4.69, 9.17) is 0 Å². The minimum atomic E-state index is -0.755. The van der Waals surface area contributed by atoms with E-state index in [0.717, 1.165) is 16.9 Å². The van der Waals surface area contributed by atoms with Crippen LogP contribution in [0.5, 0.6) is 0 Å². The van der Waals surface area contributed by atoms with Gasteiger partial charge in [0.05, 0.1) is 19.2 Å². The number of ether oxygens (including phenoxy) is 1. The van der Waals surface area contributed by atoms with E-state index in [1.807, 2.05) is 17.5 Å². The lowest BCUT2D eigenvalue weighted by Crippen LogP contribution is -2.45. The fourth-order valence-corrected chi connectivity index (χ4v) is 3.51. The zero-order valence-electron chi connectivity index (χ0n) is 15.6. The van der Waals surface area contributed by atoms with Gasteiger partial charge >= 0.3 is 6.09 Å². The minimum absolute atomic E-state index is 0.124. The number of methoxy groups -OCH3 is 1. The van der Waals surface area contributed by atoms with Crippen molar-refractivity contribution in [3.05, 3.63) is 57.8 Å². The number of carbonyl (C=O) groups is 2. The van der Waals surface area contributed by atoms with Crippen molar-refractivity contribution < 1.29 is 14.3 Å². The minimum Gasteiger partial charge on any atom is -0.453 e. The number of hydrogen-bond donors (Lipinski definition) is 2. The Labute approximate surface area is 158 Å². The van der Waals surface area contributed by atoms with Crippen LogP contribution in [0, 0.1) is 5.92 Å². The average molecular weight is 375 g/mol. The predicted molar refractivity (Wildman–Crippen MR) is 104 cm³/mol. The summed E-state index contributed by atoms with van der Waals surface area (Å²) in [5.41, 5.74) is 2.38. The molecule has 2 atom stereocenters. The summed E-state index contributed by atoms with van der Waals surface area (Å²) in [6, 6.07) is 11.8. The number of thiophene rings is 1. The molecule has 0 radical (unpaired) electrons. The first-order valence-corrected chi connectivity index (χ1v) is 9.55. The molecule has 26 heavy (non-hydrogen) atoms. The van der Waals surface area contributed by atoms with E-state index >= 15 is 0 Å². The summed E-state index contributed by atoms with van der Waals surface area (Å²) in [7, 11) is 1.23. The van der Waals surface area contributed by atoms with Crippen molar-refractivity contribution in [2.75, 3.05) is 7.11 Å². The van der Waals surface area contributed by atoms with Crippen LogP contribution in [0.3, 0.4) is 0 Å². The largest absolute Gasteiger partial charge is 0.453 e. The van der Waals surface area contributed by atoms with Crippen LogP contribution in [-0.4, -0.2) is 25.2 Å². The van der Waals surface area contributed by atoms with Gasteiger partial charge in [-0.1, -0.05) is 44.2 Å². The molecule has 0 fully saturated rings. The molecular formula is C20H26N2O3S. The number of carbonyl (C=O) groups excluding carboxylic acids is 2. The first-order chi connectivity index (χ1) is 12.4. The van der Waals surface area contributed by atoms with Gasteiger partial charge in [0.25, 0.3) is 0 Å². The van der Waals surface area contributed by atoms with Gasteiger partial charge in [0, 0.05) is 4.88 Å². The maximum absolute atomic E-state index is 12.2.